The predicted molar refractivity (Wildman–Crippen MR) is 64.0 cm³/mol. The first-order valence-electron chi connectivity index (χ1n) is 5.31. The molecule has 1 aliphatic rings. The van der Waals surface area contributed by atoms with Crippen molar-refractivity contribution in [1.82, 2.24) is 0 Å². The maximum atomic E-state index is 9.42. The topological polar surface area (TPSA) is 46.2 Å². The smallest absolute Gasteiger partial charge is 0.119 e. The molecule has 1 aromatic carbocycles. The number of aromatic hydroxyl groups is 1. The molecule has 0 heterocycles. The minimum Gasteiger partial charge on any atom is -0.508 e. The van der Waals surface area contributed by atoms with Crippen molar-refractivity contribution in [3.05, 3.63) is 41.5 Å². The summed E-state index contributed by atoms with van der Waals surface area (Å²) in [6, 6.07) is 6.05. The van der Waals surface area contributed by atoms with Crippen LogP contribution in [-0.4, -0.2) is 11.1 Å². The third-order valence-electron chi connectivity index (χ3n) is 2.07. The van der Waals surface area contributed by atoms with E-state index < -0.39 is 0 Å². The van der Waals surface area contributed by atoms with Gasteiger partial charge in [0.2, 0.25) is 0 Å². The van der Waals surface area contributed by atoms with Gasteiger partial charge in [-0.05, 0) is 30.5 Å². The third-order valence-corrected chi connectivity index (χ3v) is 2.07. The number of phenols is 1. The van der Waals surface area contributed by atoms with E-state index in [2.05, 4.69) is 18.2 Å². The van der Waals surface area contributed by atoms with Crippen molar-refractivity contribution in [2.45, 2.75) is 32.7 Å². The predicted octanol–water partition coefficient (Wildman–Crippen LogP) is 2.40. The maximum Gasteiger partial charge on any atom is 0.119 e. The Bertz CT molecular complexity index is 340. The van der Waals surface area contributed by atoms with Gasteiger partial charge in [-0.3, -0.25) is 0 Å². The van der Waals surface area contributed by atoms with Crippen molar-refractivity contribution >= 4 is 0 Å². The van der Waals surface area contributed by atoms with Crippen molar-refractivity contribution in [2.24, 2.45) is 5.73 Å². The van der Waals surface area contributed by atoms with Gasteiger partial charge < -0.3 is 10.8 Å². The molecule has 0 aliphatic heterocycles. The Morgan fingerprint density at radius 3 is 2.40 bits per heavy atom. The molecule has 0 amide bonds. The van der Waals surface area contributed by atoms with Gasteiger partial charge >= 0.3 is 0 Å². The fourth-order valence-corrected chi connectivity index (χ4v) is 1.46. The van der Waals surface area contributed by atoms with Crippen LogP contribution in [0.15, 0.2) is 30.4 Å². The van der Waals surface area contributed by atoms with Crippen LogP contribution < -0.4 is 5.73 Å². The molecule has 0 bridgehead atoms. The summed E-state index contributed by atoms with van der Waals surface area (Å²) in [7, 11) is 0. The van der Waals surface area contributed by atoms with Gasteiger partial charge in [0.15, 0.2) is 0 Å². The van der Waals surface area contributed by atoms with E-state index in [1.54, 1.807) is 6.07 Å². The molecule has 0 unspecified atom stereocenters. The number of hydrogen-bond donors (Lipinski definition) is 2. The highest BCUT2D eigenvalue weighted by molar-refractivity contribution is 5.43. The monoisotopic (exact) mass is 205 g/mol. The SMILES string of the molecule is CC(C)N.Oc1cccc2c1CC=CC2. The molecule has 0 fully saturated rings. The highest BCUT2D eigenvalue weighted by Gasteiger charge is 2.07. The van der Waals surface area contributed by atoms with E-state index in [1.165, 1.54) is 5.56 Å². The Balaban J connectivity index is 0.000000245. The molecule has 3 N–H and O–H groups in total. The molecule has 1 aromatic rings. The summed E-state index contributed by atoms with van der Waals surface area (Å²) in [4.78, 5) is 0. The van der Waals surface area contributed by atoms with E-state index in [1.807, 2.05) is 19.9 Å². The average molecular weight is 205 g/mol. The van der Waals surface area contributed by atoms with Gasteiger partial charge in [0.05, 0.1) is 0 Å². The van der Waals surface area contributed by atoms with Gasteiger partial charge in [0.1, 0.15) is 5.75 Å². The van der Waals surface area contributed by atoms with E-state index in [4.69, 9.17) is 5.73 Å². The van der Waals surface area contributed by atoms with Crippen LogP contribution in [0.5, 0.6) is 5.75 Å². The molecule has 82 valence electrons. The quantitative estimate of drug-likeness (QED) is 0.639. The summed E-state index contributed by atoms with van der Waals surface area (Å²) in [6.45, 7) is 3.89. The zero-order valence-corrected chi connectivity index (χ0v) is 9.40. The second-order valence-electron chi connectivity index (χ2n) is 4.04. The molecule has 0 spiro atoms. The number of phenolic OH excluding ortho intramolecular Hbond substituents is 1. The van der Waals surface area contributed by atoms with Crippen LogP contribution in [0.4, 0.5) is 0 Å². The minimum atomic E-state index is 0.333. The molecule has 0 atom stereocenters. The Kier molecular flexibility index (Phi) is 4.37. The number of hydrogen-bond acceptors (Lipinski definition) is 2. The molecular weight excluding hydrogens is 186 g/mol. The molecule has 0 aromatic heterocycles. The highest BCUT2D eigenvalue weighted by atomic mass is 16.3. The molecule has 2 heteroatoms. The summed E-state index contributed by atoms with van der Waals surface area (Å²) in [5.41, 5.74) is 7.46. The molecule has 2 rings (SSSR count). The maximum absolute atomic E-state index is 9.42. The summed E-state index contributed by atoms with van der Waals surface area (Å²) in [6.07, 6.45) is 6.08. The van der Waals surface area contributed by atoms with Crippen LogP contribution in [0.25, 0.3) is 0 Å². The summed E-state index contributed by atoms with van der Waals surface area (Å²) in [5.74, 6) is 0.437. The standard InChI is InChI=1S/C10H10O.C3H9N/c11-10-7-3-5-8-4-1-2-6-9(8)10;1-3(2)4/h1-3,5,7,11H,4,6H2;3H,4H2,1-2H3. The lowest BCUT2D eigenvalue weighted by Crippen LogP contribution is -2.06. The van der Waals surface area contributed by atoms with Crippen molar-refractivity contribution in [2.75, 3.05) is 0 Å². The molecule has 0 saturated carbocycles. The zero-order valence-electron chi connectivity index (χ0n) is 9.40. The van der Waals surface area contributed by atoms with Crippen LogP contribution in [0.3, 0.4) is 0 Å². The largest absolute Gasteiger partial charge is 0.508 e. The molecule has 0 saturated heterocycles. The lowest BCUT2D eigenvalue weighted by molar-refractivity contribution is 0.468. The minimum absolute atomic E-state index is 0.333. The summed E-state index contributed by atoms with van der Waals surface area (Å²) in [5, 5.41) is 9.42. The number of benzene rings is 1. The van der Waals surface area contributed by atoms with Crippen molar-refractivity contribution < 1.29 is 5.11 Å². The number of nitrogens with two attached hydrogens (primary N) is 1. The van der Waals surface area contributed by atoms with Crippen LogP contribution in [-0.2, 0) is 12.8 Å². The van der Waals surface area contributed by atoms with Gasteiger partial charge in [-0.25, -0.2) is 0 Å². The van der Waals surface area contributed by atoms with Crippen LogP contribution in [0.2, 0.25) is 0 Å². The van der Waals surface area contributed by atoms with Crippen molar-refractivity contribution in [3.63, 3.8) is 0 Å². The fraction of sp³-hybridized carbons (Fsp3) is 0.385. The third kappa shape index (κ3) is 3.76. The van der Waals surface area contributed by atoms with E-state index in [0.29, 0.717) is 11.8 Å². The summed E-state index contributed by atoms with van der Waals surface area (Å²) >= 11 is 0. The molecule has 0 radical (unpaired) electrons. The van der Waals surface area contributed by atoms with Crippen molar-refractivity contribution in [3.8, 4) is 5.75 Å². The number of rotatable bonds is 0. The molecular formula is C13H19NO. The van der Waals surface area contributed by atoms with Crippen molar-refractivity contribution in [1.29, 1.82) is 0 Å². The molecule has 1 aliphatic carbocycles. The number of fused-ring (bicyclic) bond motifs is 1. The Morgan fingerprint density at radius 1 is 1.20 bits per heavy atom. The first-order chi connectivity index (χ1) is 7.11. The first-order valence-corrected chi connectivity index (χ1v) is 5.31. The first kappa shape index (κ1) is 11.8. The Morgan fingerprint density at radius 2 is 1.80 bits per heavy atom. The summed E-state index contributed by atoms with van der Waals surface area (Å²) < 4.78 is 0. The highest BCUT2D eigenvalue weighted by Crippen LogP contribution is 2.24. The second-order valence-corrected chi connectivity index (χ2v) is 4.04. The van der Waals surface area contributed by atoms with Crippen LogP contribution in [0, 0.1) is 0 Å². The van der Waals surface area contributed by atoms with Gasteiger partial charge in [-0.1, -0.05) is 38.1 Å². The van der Waals surface area contributed by atoms with Gasteiger partial charge in [-0.15, -0.1) is 0 Å². The molecule has 15 heavy (non-hydrogen) atoms. The lowest BCUT2D eigenvalue weighted by atomic mass is 9.96. The molecule has 2 nitrogen and oxygen atoms in total. The Hall–Kier alpha value is -1.28. The van der Waals surface area contributed by atoms with E-state index >= 15 is 0 Å². The average Bonchev–Trinajstić information content (AvgIpc) is 2.18. The zero-order chi connectivity index (χ0) is 11.3. The Labute approximate surface area is 91.4 Å². The normalized spacial score (nSPS) is 13.1. The van der Waals surface area contributed by atoms with Crippen LogP contribution >= 0.6 is 0 Å². The number of allylic oxidation sites excluding steroid dienone is 2. The van der Waals surface area contributed by atoms with E-state index in [-0.39, 0.29) is 0 Å². The lowest BCUT2D eigenvalue weighted by Gasteiger charge is -2.11. The second kappa shape index (κ2) is 5.56. The van der Waals surface area contributed by atoms with Crippen LogP contribution in [0.1, 0.15) is 25.0 Å². The van der Waals surface area contributed by atoms with Gasteiger partial charge in [-0.2, -0.15) is 0 Å². The van der Waals surface area contributed by atoms with Gasteiger partial charge in [0, 0.05) is 5.56 Å². The fourth-order valence-electron chi connectivity index (χ4n) is 1.46. The van der Waals surface area contributed by atoms with Gasteiger partial charge in [0.25, 0.3) is 0 Å². The van der Waals surface area contributed by atoms with E-state index in [9.17, 15) is 5.11 Å². The van der Waals surface area contributed by atoms with E-state index in [0.717, 1.165) is 18.4 Å².